The van der Waals surface area contributed by atoms with E-state index in [4.69, 9.17) is 9.84 Å². The number of ether oxygens (including phenoxy) is 1. The van der Waals surface area contributed by atoms with Gasteiger partial charge in [-0.25, -0.2) is 4.39 Å². The summed E-state index contributed by atoms with van der Waals surface area (Å²) in [6.07, 6.45) is 0. The van der Waals surface area contributed by atoms with E-state index in [0.717, 1.165) is 5.56 Å². The van der Waals surface area contributed by atoms with Crippen molar-refractivity contribution >= 4 is 0 Å². The first-order valence-electron chi connectivity index (χ1n) is 5.40. The standard InChI is InChI=1S/C14H13FO2/c15-12-6-7-14(17-9-8-16)13(10-12)11-4-2-1-3-5-11/h1-7,10,16H,8-9H2. The average Bonchev–Trinajstić information content (AvgIpc) is 2.38. The molecule has 2 aromatic rings. The van der Waals surface area contributed by atoms with Crippen molar-refractivity contribution in [2.24, 2.45) is 0 Å². The Hall–Kier alpha value is -1.87. The summed E-state index contributed by atoms with van der Waals surface area (Å²) < 4.78 is 18.6. The van der Waals surface area contributed by atoms with Crippen LogP contribution in [0.5, 0.6) is 5.75 Å². The van der Waals surface area contributed by atoms with E-state index < -0.39 is 0 Å². The maximum atomic E-state index is 13.3. The van der Waals surface area contributed by atoms with Crippen LogP contribution in [0.3, 0.4) is 0 Å². The van der Waals surface area contributed by atoms with Crippen molar-refractivity contribution in [3.63, 3.8) is 0 Å². The molecule has 0 amide bonds. The second-order valence-corrected chi connectivity index (χ2v) is 3.58. The van der Waals surface area contributed by atoms with Crippen LogP contribution in [0, 0.1) is 5.82 Å². The summed E-state index contributed by atoms with van der Waals surface area (Å²) >= 11 is 0. The van der Waals surface area contributed by atoms with Crippen LogP contribution >= 0.6 is 0 Å². The van der Waals surface area contributed by atoms with Gasteiger partial charge in [0.2, 0.25) is 0 Å². The third-order valence-corrected chi connectivity index (χ3v) is 2.38. The molecule has 2 rings (SSSR count). The van der Waals surface area contributed by atoms with E-state index in [9.17, 15) is 4.39 Å². The van der Waals surface area contributed by atoms with E-state index in [-0.39, 0.29) is 19.0 Å². The van der Waals surface area contributed by atoms with E-state index in [1.54, 1.807) is 6.07 Å². The monoisotopic (exact) mass is 232 g/mol. The van der Waals surface area contributed by atoms with Crippen LogP contribution in [0.25, 0.3) is 11.1 Å². The lowest BCUT2D eigenvalue weighted by molar-refractivity contribution is 0.202. The fourth-order valence-electron chi connectivity index (χ4n) is 1.63. The fraction of sp³-hybridized carbons (Fsp3) is 0.143. The van der Waals surface area contributed by atoms with Gasteiger partial charge in [-0.05, 0) is 23.8 Å². The van der Waals surface area contributed by atoms with Crippen LogP contribution in [0.15, 0.2) is 48.5 Å². The van der Waals surface area contributed by atoms with Crippen molar-refractivity contribution in [1.82, 2.24) is 0 Å². The maximum Gasteiger partial charge on any atom is 0.127 e. The van der Waals surface area contributed by atoms with Crippen molar-refractivity contribution in [3.05, 3.63) is 54.3 Å². The van der Waals surface area contributed by atoms with E-state index in [1.165, 1.54) is 12.1 Å². The third kappa shape index (κ3) is 2.82. The lowest BCUT2D eigenvalue weighted by atomic mass is 10.0. The SMILES string of the molecule is OCCOc1ccc(F)cc1-c1ccccc1. The molecular weight excluding hydrogens is 219 g/mol. The average molecular weight is 232 g/mol. The molecule has 3 heteroatoms. The lowest BCUT2D eigenvalue weighted by Crippen LogP contribution is -2.02. The zero-order valence-electron chi connectivity index (χ0n) is 9.27. The van der Waals surface area contributed by atoms with E-state index in [0.29, 0.717) is 11.3 Å². The van der Waals surface area contributed by atoms with E-state index in [2.05, 4.69) is 0 Å². The van der Waals surface area contributed by atoms with Crippen LogP contribution in [0.4, 0.5) is 4.39 Å². The molecule has 0 aromatic heterocycles. The van der Waals surface area contributed by atoms with Crippen LogP contribution in [-0.2, 0) is 0 Å². The van der Waals surface area contributed by atoms with Crippen molar-refractivity contribution in [2.45, 2.75) is 0 Å². The normalized spacial score (nSPS) is 10.2. The topological polar surface area (TPSA) is 29.5 Å². The van der Waals surface area contributed by atoms with Gasteiger partial charge in [0.1, 0.15) is 18.2 Å². The summed E-state index contributed by atoms with van der Waals surface area (Å²) in [5.41, 5.74) is 1.58. The Bertz CT molecular complexity index is 483. The Labute approximate surface area is 99.3 Å². The molecule has 0 saturated heterocycles. The van der Waals surface area contributed by atoms with Crippen molar-refractivity contribution in [2.75, 3.05) is 13.2 Å². The highest BCUT2D eigenvalue weighted by Crippen LogP contribution is 2.30. The summed E-state index contributed by atoms with van der Waals surface area (Å²) in [6.45, 7) is 0.136. The quantitative estimate of drug-likeness (QED) is 0.878. The molecule has 0 unspecified atom stereocenters. The summed E-state index contributed by atoms with van der Waals surface area (Å²) in [5, 5.41) is 8.74. The highest BCUT2D eigenvalue weighted by molar-refractivity contribution is 5.70. The van der Waals surface area contributed by atoms with E-state index in [1.807, 2.05) is 30.3 Å². The minimum Gasteiger partial charge on any atom is -0.491 e. The molecule has 0 bridgehead atoms. The predicted molar refractivity (Wildman–Crippen MR) is 64.4 cm³/mol. The molecule has 1 N–H and O–H groups in total. The van der Waals surface area contributed by atoms with Gasteiger partial charge in [-0.3, -0.25) is 0 Å². The molecule has 0 fully saturated rings. The van der Waals surface area contributed by atoms with Crippen molar-refractivity contribution < 1.29 is 14.2 Å². The number of hydrogen-bond donors (Lipinski definition) is 1. The molecule has 0 aliphatic heterocycles. The first-order valence-corrected chi connectivity index (χ1v) is 5.40. The number of aliphatic hydroxyl groups is 1. The molecule has 2 aromatic carbocycles. The largest absolute Gasteiger partial charge is 0.491 e. The number of rotatable bonds is 4. The first kappa shape index (κ1) is 11.6. The van der Waals surface area contributed by atoms with Crippen LogP contribution in [0.1, 0.15) is 0 Å². The maximum absolute atomic E-state index is 13.3. The zero-order chi connectivity index (χ0) is 12.1. The predicted octanol–water partition coefficient (Wildman–Crippen LogP) is 2.86. The van der Waals surface area contributed by atoms with Gasteiger partial charge < -0.3 is 9.84 Å². The molecule has 0 aliphatic rings. The smallest absolute Gasteiger partial charge is 0.127 e. The number of halogens is 1. The lowest BCUT2D eigenvalue weighted by Gasteiger charge is -2.10. The van der Waals surface area contributed by atoms with Gasteiger partial charge in [-0.2, -0.15) is 0 Å². The number of benzene rings is 2. The molecule has 0 radical (unpaired) electrons. The Morgan fingerprint density at radius 1 is 1.06 bits per heavy atom. The van der Waals surface area contributed by atoms with Gasteiger partial charge in [0.15, 0.2) is 0 Å². The Morgan fingerprint density at radius 3 is 2.53 bits per heavy atom. The minimum atomic E-state index is -0.305. The van der Waals surface area contributed by atoms with Gasteiger partial charge in [0.25, 0.3) is 0 Å². The highest BCUT2D eigenvalue weighted by atomic mass is 19.1. The summed E-state index contributed by atoms with van der Waals surface area (Å²) in [4.78, 5) is 0. The molecule has 0 aliphatic carbocycles. The molecule has 17 heavy (non-hydrogen) atoms. The molecule has 0 spiro atoms. The minimum absolute atomic E-state index is 0.0639. The Morgan fingerprint density at radius 2 is 1.82 bits per heavy atom. The van der Waals surface area contributed by atoms with Gasteiger partial charge in [0.05, 0.1) is 6.61 Å². The Kier molecular flexibility index (Phi) is 3.73. The Balaban J connectivity index is 2.40. The second-order valence-electron chi connectivity index (χ2n) is 3.58. The van der Waals surface area contributed by atoms with Gasteiger partial charge >= 0.3 is 0 Å². The number of aliphatic hydroxyl groups excluding tert-OH is 1. The fourth-order valence-corrected chi connectivity index (χ4v) is 1.63. The molecule has 2 nitrogen and oxygen atoms in total. The highest BCUT2D eigenvalue weighted by Gasteiger charge is 2.07. The second kappa shape index (κ2) is 5.46. The van der Waals surface area contributed by atoms with Crippen molar-refractivity contribution in [3.8, 4) is 16.9 Å². The molecular formula is C14H13FO2. The summed E-state index contributed by atoms with van der Waals surface area (Å²) in [7, 11) is 0. The van der Waals surface area contributed by atoms with Crippen LogP contribution < -0.4 is 4.74 Å². The summed E-state index contributed by atoms with van der Waals surface area (Å²) in [5.74, 6) is 0.270. The number of hydrogen-bond acceptors (Lipinski definition) is 2. The molecule has 0 saturated carbocycles. The molecule has 88 valence electrons. The van der Waals surface area contributed by atoms with Crippen LogP contribution in [0.2, 0.25) is 0 Å². The van der Waals surface area contributed by atoms with Gasteiger partial charge in [0, 0.05) is 5.56 Å². The van der Waals surface area contributed by atoms with E-state index >= 15 is 0 Å². The summed E-state index contributed by atoms with van der Waals surface area (Å²) in [6, 6.07) is 13.8. The first-order chi connectivity index (χ1) is 8.31. The molecule has 0 heterocycles. The zero-order valence-corrected chi connectivity index (χ0v) is 9.27. The van der Waals surface area contributed by atoms with Gasteiger partial charge in [-0.15, -0.1) is 0 Å². The third-order valence-electron chi connectivity index (χ3n) is 2.38. The van der Waals surface area contributed by atoms with Gasteiger partial charge in [-0.1, -0.05) is 30.3 Å². The van der Waals surface area contributed by atoms with Crippen LogP contribution in [-0.4, -0.2) is 18.3 Å². The molecule has 0 atom stereocenters. The van der Waals surface area contributed by atoms with Crippen molar-refractivity contribution in [1.29, 1.82) is 0 Å².